The van der Waals surface area contributed by atoms with Crippen molar-refractivity contribution in [1.82, 2.24) is 34.7 Å². The van der Waals surface area contributed by atoms with E-state index in [1.807, 2.05) is 41.1 Å². The fraction of sp³-hybridized carbons (Fsp3) is 0.192. The number of imidazole rings is 1. The van der Waals surface area contributed by atoms with Crippen LogP contribution < -0.4 is 5.69 Å². The van der Waals surface area contributed by atoms with Crippen LogP contribution in [-0.4, -0.2) is 34.7 Å². The standard InChI is InChI=1S/C26H24IN7O/c1-2-3-6-20-17-34(24-8-5-4-7-23(24)27)26(35)33(20)16-18-9-11-19(12-10-18)21-13-14-28-15-22(21)25-29-31-32-30-25/h4-5,7-15,17H,2-3,6,16H2,1H3,(H,29,30,31,32). The molecule has 35 heavy (non-hydrogen) atoms. The van der Waals surface area contributed by atoms with E-state index in [2.05, 4.69) is 79.4 Å². The van der Waals surface area contributed by atoms with Crippen LogP contribution in [0.4, 0.5) is 0 Å². The Morgan fingerprint density at radius 3 is 2.60 bits per heavy atom. The van der Waals surface area contributed by atoms with Crippen LogP contribution in [0.25, 0.3) is 28.2 Å². The van der Waals surface area contributed by atoms with Crippen LogP contribution in [0, 0.1) is 3.57 Å². The number of aromatic amines is 1. The first-order valence-corrected chi connectivity index (χ1v) is 12.6. The Bertz CT molecular complexity index is 1490. The Kier molecular flexibility index (Phi) is 6.84. The number of rotatable bonds is 8. The number of unbranched alkanes of at least 4 members (excludes halogenated alkanes) is 1. The molecule has 9 heteroatoms. The maximum atomic E-state index is 13.5. The second-order valence-electron chi connectivity index (χ2n) is 8.28. The van der Waals surface area contributed by atoms with Crippen molar-refractivity contribution in [3.8, 4) is 28.2 Å². The number of hydrogen-bond acceptors (Lipinski definition) is 5. The summed E-state index contributed by atoms with van der Waals surface area (Å²) in [5, 5.41) is 14.2. The van der Waals surface area contributed by atoms with Crippen LogP contribution in [-0.2, 0) is 13.0 Å². The number of H-pyrrole nitrogens is 1. The Hall–Kier alpha value is -3.60. The molecule has 0 atom stereocenters. The van der Waals surface area contributed by atoms with E-state index in [1.54, 1.807) is 17.0 Å². The molecule has 3 aromatic heterocycles. The van der Waals surface area contributed by atoms with Crippen molar-refractivity contribution < 1.29 is 0 Å². The van der Waals surface area contributed by atoms with Gasteiger partial charge in [0, 0.05) is 33.4 Å². The summed E-state index contributed by atoms with van der Waals surface area (Å²) < 4.78 is 4.72. The lowest BCUT2D eigenvalue weighted by atomic mass is 10.00. The molecule has 8 nitrogen and oxygen atoms in total. The monoisotopic (exact) mass is 577 g/mol. The molecule has 0 saturated carbocycles. The third kappa shape index (κ3) is 4.81. The third-order valence-corrected chi connectivity index (χ3v) is 6.90. The fourth-order valence-corrected chi connectivity index (χ4v) is 4.80. The summed E-state index contributed by atoms with van der Waals surface area (Å²) in [5.74, 6) is 0.571. The van der Waals surface area contributed by atoms with Crippen LogP contribution in [0.1, 0.15) is 31.0 Å². The molecule has 0 bridgehead atoms. The van der Waals surface area contributed by atoms with Crippen molar-refractivity contribution in [3.05, 3.63) is 98.5 Å². The van der Waals surface area contributed by atoms with Crippen LogP contribution >= 0.6 is 22.6 Å². The first-order valence-electron chi connectivity index (χ1n) is 11.5. The van der Waals surface area contributed by atoms with E-state index in [4.69, 9.17) is 0 Å². The number of aromatic nitrogens is 7. The number of halogens is 1. The molecule has 0 aliphatic heterocycles. The topological polar surface area (TPSA) is 94.3 Å². The molecule has 0 unspecified atom stereocenters. The number of aryl methyl sites for hydroxylation is 1. The zero-order chi connectivity index (χ0) is 24.2. The number of nitrogens with zero attached hydrogens (tertiary/aromatic N) is 6. The number of pyridine rings is 1. The van der Waals surface area contributed by atoms with E-state index in [9.17, 15) is 4.79 Å². The average molecular weight is 577 g/mol. The van der Waals surface area contributed by atoms with Gasteiger partial charge in [-0.15, -0.1) is 5.10 Å². The number of nitrogens with one attached hydrogen (secondary N) is 1. The zero-order valence-electron chi connectivity index (χ0n) is 19.2. The van der Waals surface area contributed by atoms with Gasteiger partial charge in [-0.3, -0.25) is 14.1 Å². The number of para-hydroxylation sites is 1. The summed E-state index contributed by atoms with van der Waals surface area (Å²) in [4.78, 5) is 17.7. The van der Waals surface area contributed by atoms with Gasteiger partial charge in [-0.05, 0) is 80.7 Å². The minimum atomic E-state index is -0.0152. The molecule has 5 rings (SSSR count). The molecule has 0 amide bonds. The van der Waals surface area contributed by atoms with Gasteiger partial charge in [0.15, 0.2) is 5.82 Å². The number of hydrogen-bond donors (Lipinski definition) is 1. The minimum Gasteiger partial charge on any atom is -0.292 e. The average Bonchev–Trinajstić information content (AvgIpc) is 3.53. The molecular weight excluding hydrogens is 553 g/mol. The highest BCUT2D eigenvalue weighted by Crippen LogP contribution is 2.29. The second-order valence-corrected chi connectivity index (χ2v) is 9.44. The Morgan fingerprint density at radius 2 is 1.86 bits per heavy atom. The maximum absolute atomic E-state index is 13.5. The smallest absolute Gasteiger partial charge is 0.292 e. The van der Waals surface area contributed by atoms with Gasteiger partial charge < -0.3 is 0 Å². The van der Waals surface area contributed by atoms with Gasteiger partial charge in [-0.25, -0.2) is 9.89 Å². The largest absolute Gasteiger partial charge is 0.333 e. The van der Waals surface area contributed by atoms with E-state index in [0.29, 0.717) is 12.4 Å². The normalized spacial score (nSPS) is 11.1. The Labute approximate surface area is 216 Å². The van der Waals surface area contributed by atoms with E-state index in [0.717, 1.165) is 56.5 Å². The molecule has 0 radical (unpaired) electrons. The zero-order valence-corrected chi connectivity index (χ0v) is 21.4. The highest BCUT2D eigenvalue weighted by atomic mass is 127. The lowest BCUT2D eigenvalue weighted by molar-refractivity contribution is 0.674. The second kappa shape index (κ2) is 10.3. The predicted octanol–water partition coefficient (Wildman–Crippen LogP) is 4.88. The molecule has 2 aromatic carbocycles. The molecule has 5 aromatic rings. The van der Waals surface area contributed by atoms with Gasteiger partial charge in [-0.1, -0.05) is 49.7 Å². The lowest BCUT2D eigenvalue weighted by Gasteiger charge is -2.10. The van der Waals surface area contributed by atoms with E-state index in [-0.39, 0.29) is 5.69 Å². The highest BCUT2D eigenvalue weighted by Gasteiger charge is 2.15. The van der Waals surface area contributed by atoms with Crippen molar-refractivity contribution in [2.24, 2.45) is 0 Å². The molecule has 3 heterocycles. The molecule has 0 fully saturated rings. The molecule has 1 N–H and O–H groups in total. The summed E-state index contributed by atoms with van der Waals surface area (Å²) in [6.45, 7) is 2.68. The fourth-order valence-electron chi connectivity index (χ4n) is 4.15. The van der Waals surface area contributed by atoms with Gasteiger partial charge in [0.05, 0.1) is 12.2 Å². The highest BCUT2D eigenvalue weighted by molar-refractivity contribution is 14.1. The quantitative estimate of drug-likeness (QED) is 0.266. The van der Waals surface area contributed by atoms with E-state index < -0.39 is 0 Å². The molecule has 0 aliphatic carbocycles. The van der Waals surface area contributed by atoms with E-state index in [1.165, 1.54) is 0 Å². The van der Waals surface area contributed by atoms with Crippen LogP contribution in [0.2, 0.25) is 0 Å². The van der Waals surface area contributed by atoms with Crippen molar-refractivity contribution in [1.29, 1.82) is 0 Å². The summed E-state index contributed by atoms with van der Waals surface area (Å²) in [6, 6.07) is 18.2. The Balaban J connectivity index is 1.47. The third-order valence-electron chi connectivity index (χ3n) is 5.99. The van der Waals surface area contributed by atoms with Gasteiger partial charge in [0.2, 0.25) is 0 Å². The first kappa shape index (κ1) is 23.2. The minimum absolute atomic E-state index is 0.0152. The van der Waals surface area contributed by atoms with Gasteiger partial charge in [-0.2, -0.15) is 0 Å². The summed E-state index contributed by atoms with van der Waals surface area (Å²) >= 11 is 2.28. The van der Waals surface area contributed by atoms with Crippen LogP contribution in [0.15, 0.2) is 78.0 Å². The van der Waals surface area contributed by atoms with Crippen LogP contribution in [0.5, 0.6) is 0 Å². The van der Waals surface area contributed by atoms with Crippen molar-refractivity contribution >= 4 is 22.6 Å². The number of tetrazole rings is 1. The lowest BCUT2D eigenvalue weighted by Crippen LogP contribution is -2.25. The van der Waals surface area contributed by atoms with E-state index >= 15 is 0 Å². The maximum Gasteiger partial charge on any atom is 0.333 e. The van der Waals surface area contributed by atoms with Crippen LogP contribution in [0.3, 0.4) is 0 Å². The summed E-state index contributed by atoms with van der Waals surface area (Å²) in [6.07, 6.45) is 8.48. The summed E-state index contributed by atoms with van der Waals surface area (Å²) in [7, 11) is 0. The summed E-state index contributed by atoms with van der Waals surface area (Å²) in [5.41, 5.74) is 5.85. The molecule has 0 aliphatic rings. The predicted molar refractivity (Wildman–Crippen MR) is 143 cm³/mol. The molecule has 0 spiro atoms. The van der Waals surface area contributed by atoms with Gasteiger partial charge in [0.1, 0.15) is 0 Å². The van der Waals surface area contributed by atoms with Crippen molar-refractivity contribution in [2.75, 3.05) is 0 Å². The molecular formula is C26H24IN7O. The van der Waals surface area contributed by atoms with Crippen molar-refractivity contribution in [2.45, 2.75) is 32.7 Å². The van der Waals surface area contributed by atoms with Crippen molar-refractivity contribution in [3.63, 3.8) is 0 Å². The number of benzene rings is 2. The molecule has 0 saturated heterocycles. The van der Waals surface area contributed by atoms with Gasteiger partial charge in [0.25, 0.3) is 0 Å². The van der Waals surface area contributed by atoms with Gasteiger partial charge >= 0.3 is 5.69 Å². The Morgan fingerprint density at radius 1 is 1.03 bits per heavy atom. The molecule has 176 valence electrons. The SMILES string of the molecule is CCCCc1cn(-c2ccccc2I)c(=O)n1Cc1ccc(-c2ccncc2-c2nnn[nH]2)cc1. The first-order chi connectivity index (χ1) is 17.2.